The van der Waals surface area contributed by atoms with E-state index in [2.05, 4.69) is 26.4 Å². The van der Waals surface area contributed by atoms with E-state index >= 15 is 0 Å². The molecule has 0 bridgehead atoms. The second-order valence-corrected chi connectivity index (χ2v) is 9.84. The van der Waals surface area contributed by atoms with Crippen LogP contribution < -0.4 is 5.32 Å². The molecule has 25 heavy (non-hydrogen) atoms. The first-order valence-corrected chi connectivity index (χ1v) is 11.2. The summed E-state index contributed by atoms with van der Waals surface area (Å²) in [5.74, 6) is 0.695. The normalized spacial score (nSPS) is 16.8. The minimum absolute atomic E-state index is 0.695. The maximum Gasteiger partial charge on any atom is 0.194 e. The van der Waals surface area contributed by atoms with Gasteiger partial charge in [-0.3, -0.25) is 4.40 Å². The van der Waals surface area contributed by atoms with Crippen molar-refractivity contribution in [2.24, 2.45) is 4.36 Å². The van der Waals surface area contributed by atoms with Crippen LogP contribution in [0.15, 0.2) is 38.9 Å². The lowest BCUT2D eigenvalue weighted by Crippen LogP contribution is -2.06. The molecule has 0 radical (unpaired) electrons. The first-order valence-electron chi connectivity index (χ1n) is 8.39. The molecule has 0 saturated heterocycles. The SMILES string of the molecule is CN=S(C)(=O)c1cccc(NCc2c(C)nc3scc(C4CC4)n23)c1. The van der Waals surface area contributed by atoms with E-state index in [1.165, 1.54) is 24.2 Å². The van der Waals surface area contributed by atoms with Crippen LogP contribution in [0.2, 0.25) is 0 Å². The Hall–Kier alpha value is -1.86. The first kappa shape index (κ1) is 16.6. The number of imidazole rings is 1. The van der Waals surface area contributed by atoms with Crippen molar-refractivity contribution in [1.29, 1.82) is 0 Å². The predicted molar refractivity (Wildman–Crippen MR) is 104 cm³/mol. The van der Waals surface area contributed by atoms with Gasteiger partial charge >= 0.3 is 0 Å². The van der Waals surface area contributed by atoms with Crippen LogP contribution >= 0.6 is 11.3 Å². The minimum atomic E-state index is -2.32. The summed E-state index contributed by atoms with van der Waals surface area (Å²) < 4.78 is 18.8. The molecule has 5 nitrogen and oxygen atoms in total. The van der Waals surface area contributed by atoms with E-state index in [1.54, 1.807) is 24.6 Å². The van der Waals surface area contributed by atoms with Crippen LogP contribution in [0.4, 0.5) is 5.69 Å². The Bertz CT molecular complexity index is 1050. The zero-order chi connectivity index (χ0) is 17.6. The molecule has 7 heteroatoms. The number of aromatic nitrogens is 2. The molecule has 132 valence electrons. The van der Waals surface area contributed by atoms with Crippen molar-refractivity contribution in [3.63, 3.8) is 0 Å². The zero-order valence-corrected chi connectivity index (χ0v) is 16.3. The van der Waals surface area contributed by atoms with E-state index < -0.39 is 9.73 Å². The van der Waals surface area contributed by atoms with Crippen molar-refractivity contribution in [3.8, 4) is 0 Å². The number of benzene rings is 1. The third-order valence-corrected chi connectivity index (χ3v) is 7.43. The predicted octanol–water partition coefficient (Wildman–Crippen LogP) is 4.28. The fourth-order valence-corrected chi connectivity index (χ4v) is 4.97. The second-order valence-electron chi connectivity index (χ2n) is 6.56. The largest absolute Gasteiger partial charge is 0.379 e. The summed E-state index contributed by atoms with van der Waals surface area (Å²) >= 11 is 1.72. The fraction of sp³-hybridized carbons (Fsp3) is 0.389. The molecule has 1 N–H and O–H groups in total. The van der Waals surface area contributed by atoms with E-state index in [0.29, 0.717) is 12.5 Å². The van der Waals surface area contributed by atoms with Gasteiger partial charge in [0, 0.05) is 40.9 Å². The third kappa shape index (κ3) is 3.06. The second kappa shape index (κ2) is 6.14. The third-order valence-electron chi connectivity index (χ3n) is 4.76. The average Bonchev–Trinajstić information content (AvgIpc) is 3.30. The molecule has 0 spiro atoms. The number of aryl methyl sites for hydroxylation is 1. The molecule has 1 unspecified atom stereocenters. The molecule has 1 aromatic carbocycles. The van der Waals surface area contributed by atoms with Crippen molar-refractivity contribution < 1.29 is 4.21 Å². The summed E-state index contributed by atoms with van der Waals surface area (Å²) in [6, 6.07) is 7.72. The van der Waals surface area contributed by atoms with Gasteiger partial charge in [-0.15, -0.1) is 11.3 Å². The van der Waals surface area contributed by atoms with Crippen LogP contribution in [-0.4, -0.2) is 26.9 Å². The molecule has 1 aliphatic rings. The molecule has 2 aromatic heterocycles. The van der Waals surface area contributed by atoms with Crippen LogP contribution in [0.3, 0.4) is 0 Å². The van der Waals surface area contributed by atoms with E-state index in [9.17, 15) is 4.21 Å². The van der Waals surface area contributed by atoms with Gasteiger partial charge in [0.05, 0.1) is 27.7 Å². The molecule has 1 atom stereocenters. The molecule has 2 heterocycles. The van der Waals surface area contributed by atoms with Crippen LogP contribution in [0.25, 0.3) is 4.96 Å². The first-order chi connectivity index (χ1) is 12.0. The number of hydrogen-bond acceptors (Lipinski definition) is 5. The molecular formula is C18H22N4OS2. The number of thiazole rings is 1. The smallest absolute Gasteiger partial charge is 0.194 e. The van der Waals surface area contributed by atoms with Gasteiger partial charge in [-0.25, -0.2) is 13.6 Å². The lowest BCUT2D eigenvalue weighted by atomic mass is 10.2. The highest BCUT2D eigenvalue weighted by Gasteiger charge is 2.28. The number of rotatable bonds is 5. The van der Waals surface area contributed by atoms with E-state index in [-0.39, 0.29) is 0 Å². The van der Waals surface area contributed by atoms with Gasteiger partial charge < -0.3 is 5.32 Å². The Morgan fingerprint density at radius 2 is 2.24 bits per heavy atom. The van der Waals surface area contributed by atoms with Gasteiger partial charge in [-0.1, -0.05) is 6.07 Å². The Labute approximate surface area is 152 Å². The maximum absolute atomic E-state index is 12.5. The van der Waals surface area contributed by atoms with E-state index in [0.717, 1.165) is 21.2 Å². The zero-order valence-electron chi connectivity index (χ0n) is 14.7. The molecule has 1 saturated carbocycles. The Morgan fingerprint density at radius 1 is 1.44 bits per heavy atom. The van der Waals surface area contributed by atoms with E-state index in [4.69, 9.17) is 4.98 Å². The molecule has 1 fully saturated rings. The monoisotopic (exact) mass is 374 g/mol. The topological polar surface area (TPSA) is 58.8 Å². The lowest BCUT2D eigenvalue weighted by molar-refractivity contribution is 0.680. The van der Waals surface area contributed by atoms with Gasteiger partial charge in [0.1, 0.15) is 0 Å². The molecule has 1 aliphatic carbocycles. The van der Waals surface area contributed by atoms with Crippen molar-refractivity contribution in [1.82, 2.24) is 9.38 Å². The van der Waals surface area contributed by atoms with Gasteiger partial charge in [0.15, 0.2) is 4.96 Å². The number of nitrogens with one attached hydrogen (secondary N) is 1. The number of nitrogens with zero attached hydrogens (tertiary/aromatic N) is 3. The summed E-state index contributed by atoms with van der Waals surface area (Å²) in [5, 5.41) is 5.72. The highest BCUT2D eigenvalue weighted by atomic mass is 32.2. The molecule has 0 amide bonds. The Kier molecular flexibility index (Phi) is 4.08. The lowest BCUT2D eigenvalue weighted by Gasteiger charge is -2.10. The van der Waals surface area contributed by atoms with Gasteiger partial charge in [-0.05, 0) is 38.0 Å². The van der Waals surface area contributed by atoms with E-state index in [1.807, 2.05) is 24.3 Å². The standard InChI is InChI=1S/C18H22N4OS2/c1-12-16(22-17(13-7-8-13)11-24-18(22)21-12)10-20-14-5-4-6-15(9-14)25(3,23)19-2/h4-6,9,11,13,20H,7-8,10H2,1-3H3. The van der Waals surface area contributed by atoms with Crippen LogP contribution in [-0.2, 0) is 16.3 Å². The molecule has 4 rings (SSSR count). The quantitative estimate of drug-likeness (QED) is 0.725. The van der Waals surface area contributed by atoms with Crippen LogP contribution in [0.1, 0.15) is 35.8 Å². The van der Waals surface area contributed by atoms with Crippen molar-refractivity contribution in [3.05, 3.63) is 46.7 Å². The maximum atomic E-state index is 12.5. The van der Waals surface area contributed by atoms with Crippen molar-refractivity contribution in [2.75, 3.05) is 18.6 Å². The molecule has 0 aliphatic heterocycles. The average molecular weight is 375 g/mol. The summed E-state index contributed by atoms with van der Waals surface area (Å²) in [4.78, 5) is 6.54. The summed E-state index contributed by atoms with van der Waals surface area (Å²) in [6.45, 7) is 2.76. The molecule has 3 aromatic rings. The Balaban J connectivity index is 1.63. The number of anilines is 1. The Morgan fingerprint density at radius 3 is 2.96 bits per heavy atom. The van der Waals surface area contributed by atoms with Crippen LogP contribution in [0, 0.1) is 6.92 Å². The fourth-order valence-electron chi connectivity index (χ4n) is 3.04. The summed E-state index contributed by atoms with van der Waals surface area (Å²) in [5.41, 5.74) is 4.63. The number of fused-ring (bicyclic) bond motifs is 1. The summed E-state index contributed by atoms with van der Waals surface area (Å²) in [7, 11) is -0.715. The van der Waals surface area contributed by atoms with Crippen LogP contribution in [0.5, 0.6) is 0 Å². The molecular weight excluding hydrogens is 352 g/mol. The van der Waals surface area contributed by atoms with Crippen molar-refractivity contribution >= 4 is 31.7 Å². The highest BCUT2D eigenvalue weighted by molar-refractivity contribution is 7.93. The summed E-state index contributed by atoms with van der Waals surface area (Å²) in [6.07, 6.45) is 4.23. The number of hydrogen-bond donors (Lipinski definition) is 1. The highest BCUT2D eigenvalue weighted by Crippen LogP contribution is 2.42. The van der Waals surface area contributed by atoms with Crippen molar-refractivity contribution in [2.45, 2.75) is 37.1 Å². The van der Waals surface area contributed by atoms with Gasteiger partial charge in [-0.2, -0.15) is 0 Å². The van der Waals surface area contributed by atoms with Gasteiger partial charge in [0.25, 0.3) is 0 Å². The minimum Gasteiger partial charge on any atom is -0.379 e. The van der Waals surface area contributed by atoms with Gasteiger partial charge in [0.2, 0.25) is 0 Å².